The van der Waals surface area contributed by atoms with Crippen molar-refractivity contribution in [2.75, 3.05) is 20.8 Å². The van der Waals surface area contributed by atoms with Crippen molar-refractivity contribution in [1.82, 2.24) is 5.32 Å². The van der Waals surface area contributed by atoms with Gasteiger partial charge in [0, 0.05) is 11.3 Å². The lowest BCUT2D eigenvalue weighted by atomic mass is 10.1. The van der Waals surface area contributed by atoms with Gasteiger partial charge in [0.15, 0.2) is 11.6 Å². The van der Waals surface area contributed by atoms with Gasteiger partial charge in [-0.25, -0.2) is 9.18 Å². The van der Waals surface area contributed by atoms with Crippen LogP contribution in [0.4, 0.5) is 4.39 Å². The van der Waals surface area contributed by atoms with Crippen molar-refractivity contribution < 1.29 is 18.7 Å². The minimum atomic E-state index is -0.839. The van der Waals surface area contributed by atoms with Gasteiger partial charge in [0.2, 0.25) is 0 Å². The summed E-state index contributed by atoms with van der Waals surface area (Å²) in [5, 5.41) is 2.49. The SMILES string of the molecule is C=CCN=C(N)C(Cl)=C(NC(=C)c1ccc(Cl)c(OC)c1F)C(=O)OC. The number of nitrogens with two attached hydrogens (primary N) is 1. The average molecular weight is 402 g/mol. The van der Waals surface area contributed by atoms with Crippen LogP contribution in [0.2, 0.25) is 5.02 Å². The lowest BCUT2D eigenvalue weighted by Crippen LogP contribution is -2.26. The number of esters is 1. The number of hydrogen-bond acceptors (Lipinski definition) is 5. The van der Waals surface area contributed by atoms with Crippen LogP contribution in [0.1, 0.15) is 5.56 Å². The number of carbonyl (C=O) groups is 1. The molecule has 3 N–H and O–H groups in total. The molecule has 0 atom stereocenters. The fraction of sp³-hybridized carbons (Fsp3) is 0.176. The molecule has 9 heteroatoms. The van der Waals surface area contributed by atoms with E-state index >= 15 is 0 Å². The highest BCUT2D eigenvalue weighted by atomic mass is 35.5. The summed E-state index contributed by atoms with van der Waals surface area (Å²) in [5.41, 5.74) is 5.50. The Morgan fingerprint density at radius 2 is 2.12 bits per heavy atom. The highest BCUT2D eigenvalue weighted by molar-refractivity contribution is 6.44. The number of nitrogens with one attached hydrogen (secondary N) is 1. The first-order chi connectivity index (χ1) is 12.3. The molecule has 0 unspecified atom stereocenters. The third-order valence-corrected chi connectivity index (χ3v) is 3.76. The molecule has 0 fully saturated rings. The Labute approximate surface area is 160 Å². The third kappa shape index (κ3) is 5.00. The molecule has 0 aromatic heterocycles. The number of halogens is 3. The summed E-state index contributed by atoms with van der Waals surface area (Å²) in [4.78, 5) is 15.9. The van der Waals surface area contributed by atoms with Crippen molar-refractivity contribution in [3.63, 3.8) is 0 Å². The second-order valence-electron chi connectivity index (χ2n) is 4.74. The Kier molecular flexibility index (Phi) is 8.15. The van der Waals surface area contributed by atoms with Gasteiger partial charge in [-0.1, -0.05) is 35.9 Å². The average Bonchev–Trinajstić information content (AvgIpc) is 2.63. The predicted octanol–water partition coefficient (Wildman–Crippen LogP) is 3.21. The van der Waals surface area contributed by atoms with Crippen molar-refractivity contribution in [3.05, 3.63) is 58.5 Å². The maximum Gasteiger partial charge on any atom is 0.356 e. The Balaban J connectivity index is 3.31. The van der Waals surface area contributed by atoms with Crippen LogP contribution in [0, 0.1) is 5.82 Å². The highest BCUT2D eigenvalue weighted by Gasteiger charge is 2.21. The lowest BCUT2D eigenvalue weighted by Gasteiger charge is -2.16. The Hall–Kier alpha value is -2.51. The van der Waals surface area contributed by atoms with Crippen molar-refractivity contribution in [3.8, 4) is 5.75 Å². The molecule has 0 saturated heterocycles. The first kappa shape index (κ1) is 21.5. The monoisotopic (exact) mass is 401 g/mol. The first-order valence-corrected chi connectivity index (χ1v) is 7.91. The van der Waals surface area contributed by atoms with Gasteiger partial charge in [0.05, 0.1) is 25.8 Å². The number of methoxy groups -OCH3 is 2. The molecule has 0 bridgehead atoms. The fourth-order valence-electron chi connectivity index (χ4n) is 1.83. The van der Waals surface area contributed by atoms with Crippen molar-refractivity contribution in [2.24, 2.45) is 10.7 Å². The van der Waals surface area contributed by atoms with E-state index in [9.17, 15) is 9.18 Å². The number of amidine groups is 1. The minimum absolute atomic E-state index is 0.00698. The normalized spacial score (nSPS) is 12.1. The van der Waals surface area contributed by atoms with Gasteiger partial charge >= 0.3 is 5.97 Å². The largest absolute Gasteiger partial charge is 0.492 e. The molecule has 1 rings (SSSR count). The molecule has 140 valence electrons. The molecule has 1 aromatic rings. The summed E-state index contributed by atoms with van der Waals surface area (Å²) < 4.78 is 24.1. The molecule has 0 heterocycles. The van der Waals surface area contributed by atoms with E-state index in [0.29, 0.717) is 0 Å². The number of ether oxygens (including phenoxy) is 2. The van der Waals surface area contributed by atoms with Gasteiger partial charge in [-0.15, -0.1) is 6.58 Å². The molecule has 0 amide bonds. The summed E-state index contributed by atoms with van der Waals surface area (Å²) in [6, 6.07) is 2.79. The van der Waals surface area contributed by atoms with Crippen molar-refractivity contribution >= 4 is 40.7 Å². The predicted molar refractivity (Wildman–Crippen MR) is 102 cm³/mol. The van der Waals surface area contributed by atoms with Gasteiger partial charge < -0.3 is 20.5 Å². The molecule has 0 aliphatic heterocycles. The van der Waals surface area contributed by atoms with E-state index in [1.165, 1.54) is 25.3 Å². The summed E-state index contributed by atoms with van der Waals surface area (Å²) in [7, 11) is 2.43. The van der Waals surface area contributed by atoms with E-state index in [1.807, 2.05) is 0 Å². The Bertz CT molecular complexity index is 792. The minimum Gasteiger partial charge on any atom is -0.492 e. The van der Waals surface area contributed by atoms with E-state index in [1.54, 1.807) is 0 Å². The Morgan fingerprint density at radius 1 is 1.46 bits per heavy atom. The number of aliphatic imine (C=N–C) groups is 1. The van der Waals surface area contributed by atoms with Crippen LogP contribution in [-0.4, -0.2) is 32.6 Å². The molecular formula is C17H18Cl2FN3O3. The molecule has 26 heavy (non-hydrogen) atoms. The quantitative estimate of drug-likeness (QED) is 0.229. The zero-order chi connectivity index (χ0) is 19.9. The zero-order valence-electron chi connectivity index (χ0n) is 14.2. The van der Waals surface area contributed by atoms with Crippen LogP contribution < -0.4 is 15.8 Å². The summed E-state index contributed by atoms with van der Waals surface area (Å²) in [5.74, 6) is -1.88. The van der Waals surface area contributed by atoms with E-state index in [0.717, 1.165) is 7.11 Å². The molecule has 1 aromatic carbocycles. The van der Waals surface area contributed by atoms with E-state index in [2.05, 4.69) is 28.2 Å². The summed E-state index contributed by atoms with van der Waals surface area (Å²) >= 11 is 12.0. The summed E-state index contributed by atoms with van der Waals surface area (Å²) in [6.45, 7) is 7.40. The van der Waals surface area contributed by atoms with Gasteiger partial charge in [-0.2, -0.15) is 0 Å². The highest BCUT2D eigenvalue weighted by Crippen LogP contribution is 2.32. The molecule has 0 spiro atoms. The molecule has 0 radical (unpaired) electrons. The van der Waals surface area contributed by atoms with Crippen LogP contribution in [0.5, 0.6) is 5.75 Å². The van der Waals surface area contributed by atoms with E-state index in [-0.39, 0.29) is 45.1 Å². The number of carbonyl (C=O) groups excluding carboxylic acids is 1. The van der Waals surface area contributed by atoms with Crippen LogP contribution in [0.3, 0.4) is 0 Å². The third-order valence-electron chi connectivity index (χ3n) is 3.08. The second-order valence-corrected chi connectivity index (χ2v) is 5.53. The Morgan fingerprint density at radius 3 is 2.65 bits per heavy atom. The van der Waals surface area contributed by atoms with Gasteiger partial charge in [0.1, 0.15) is 16.6 Å². The van der Waals surface area contributed by atoms with Crippen molar-refractivity contribution in [2.45, 2.75) is 0 Å². The van der Waals surface area contributed by atoms with Crippen LogP contribution in [-0.2, 0) is 9.53 Å². The van der Waals surface area contributed by atoms with Crippen LogP contribution >= 0.6 is 23.2 Å². The molecule has 0 aliphatic carbocycles. The summed E-state index contributed by atoms with van der Waals surface area (Å²) in [6.07, 6.45) is 1.50. The van der Waals surface area contributed by atoms with Gasteiger partial charge in [0.25, 0.3) is 0 Å². The van der Waals surface area contributed by atoms with Gasteiger partial charge in [-0.3, -0.25) is 4.99 Å². The molecular weight excluding hydrogens is 384 g/mol. The maximum absolute atomic E-state index is 14.5. The zero-order valence-corrected chi connectivity index (χ0v) is 15.7. The van der Waals surface area contributed by atoms with Crippen LogP contribution in [0.15, 0.2) is 47.1 Å². The van der Waals surface area contributed by atoms with Crippen LogP contribution in [0.25, 0.3) is 5.70 Å². The lowest BCUT2D eigenvalue weighted by molar-refractivity contribution is -0.136. The molecule has 0 aliphatic rings. The smallest absolute Gasteiger partial charge is 0.356 e. The number of nitrogens with zero attached hydrogens (tertiary/aromatic N) is 1. The maximum atomic E-state index is 14.5. The number of hydrogen-bond donors (Lipinski definition) is 2. The van der Waals surface area contributed by atoms with E-state index in [4.69, 9.17) is 33.7 Å². The van der Waals surface area contributed by atoms with Gasteiger partial charge in [-0.05, 0) is 12.1 Å². The number of rotatable bonds is 8. The molecule has 6 nitrogen and oxygen atoms in total. The number of benzene rings is 1. The standard InChI is InChI=1S/C17H18Cl2FN3O3/c1-5-8-22-16(21)12(19)14(17(24)26-4)23-9(2)10-6-7-11(18)15(25-3)13(10)20/h5-7,23H,1-2,8H2,3-4H3,(H2,21,22). The van der Waals surface area contributed by atoms with E-state index < -0.39 is 11.8 Å². The fourth-order valence-corrected chi connectivity index (χ4v) is 2.24. The topological polar surface area (TPSA) is 85.9 Å². The van der Waals surface area contributed by atoms with Crippen molar-refractivity contribution in [1.29, 1.82) is 0 Å². The second kappa shape index (κ2) is 9.84. The first-order valence-electron chi connectivity index (χ1n) is 7.16. The molecule has 0 saturated carbocycles.